The van der Waals surface area contributed by atoms with Gasteiger partial charge in [-0.15, -0.1) is 0 Å². The molecule has 0 aliphatic carbocycles. The first-order valence-electron chi connectivity index (χ1n) is 6.23. The van der Waals surface area contributed by atoms with Gasteiger partial charge in [-0.2, -0.15) is 11.8 Å². The Morgan fingerprint density at radius 3 is 2.74 bits per heavy atom. The highest BCUT2D eigenvalue weighted by molar-refractivity contribution is 7.98. The highest BCUT2D eigenvalue weighted by Gasteiger charge is 2.12. The van der Waals surface area contributed by atoms with Gasteiger partial charge in [-0.3, -0.25) is 4.90 Å². The van der Waals surface area contributed by atoms with Crippen LogP contribution in [0.25, 0.3) is 0 Å². The Balaban J connectivity index is 2.69. The lowest BCUT2D eigenvalue weighted by atomic mass is 10.1. The minimum atomic E-state index is -0.241. The van der Waals surface area contributed by atoms with Crippen LogP contribution >= 0.6 is 24.0 Å². The predicted molar refractivity (Wildman–Crippen MR) is 86.2 cm³/mol. The molecular weight excluding hydrogens is 279 g/mol. The lowest BCUT2D eigenvalue weighted by molar-refractivity contribution is 0.242. The standard InChI is InChI=1S/C14H21FN2S2/c1-10(6-7-19-3)17(2)9-12-5-4-11(14(16)18)8-13(12)15/h4-5,8,10H,6-7,9H2,1-3H3,(H2,16,18). The van der Waals surface area contributed by atoms with Crippen molar-refractivity contribution in [2.75, 3.05) is 19.1 Å². The Morgan fingerprint density at radius 1 is 1.53 bits per heavy atom. The van der Waals surface area contributed by atoms with E-state index in [1.807, 2.05) is 18.8 Å². The van der Waals surface area contributed by atoms with Crippen molar-refractivity contribution in [1.82, 2.24) is 4.90 Å². The number of nitrogens with zero attached hydrogens (tertiary/aromatic N) is 1. The molecular formula is C14H21FN2S2. The normalized spacial score (nSPS) is 12.7. The molecule has 0 saturated carbocycles. The van der Waals surface area contributed by atoms with Gasteiger partial charge in [0.15, 0.2) is 0 Å². The van der Waals surface area contributed by atoms with E-state index in [1.54, 1.807) is 12.1 Å². The molecule has 0 aliphatic heterocycles. The van der Waals surface area contributed by atoms with E-state index in [4.69, 9.17) is 18.0 Å². The van der Waals surface area contributed by atoms with Crippen molar-refractivity contribution >= 4 is 29.0 Å². The molecule has 0 spiro atoms. The summed E-state index contributed by atoms with van der Waals surface area (Å²) in [5.74, 6) is 0.878. The summed E-state index contributed by atoms with van der Waals surface area (Å²) in [6.45, 7) is 2.76. The van der Waals surface area contributed by atoms with Crippen LogP contribution < -0.4 is 5.73 Å². The van der Waals surface area contributed by atoms with Crippen LogP contribution in [0.1, 0.15) is 24.5 Å². The van der Waals surface area contributed by atoms with Crippen LogP contribution in [0, 0.1) is 5.82 Å². The third kappa shape index (κ3) is 5.09. The molecule has 0 saturated heterocycles. The molecule has 1 aromatic rings. The van der Waals surface area contributed by atoms with Gasteiger partial charge in [0.25, 0.3) is 0 Å². The van der Waals surface area contributed by atoms with Crippen LogP contribution in [0.2, 0.25) is 0 Å². The maximum atomic E-state index is 13.9. The second-order valence-electron chi connectivity index (χ2n) is 4.72. The Hall–Kier alpha value is -0.650. The molecule has 106 valence electrons. The molecule has 1 rings (SSSR count). The van der Waals surface area contributed by atoms with Crippen LogP contribution in [-0.4, -0.2) is 35.0 Å². The molecule has 2 N–H and O–H groups in total. The summed E-state index contributed by atoms with van der Waals surface area (Å²) in [4.78, 5) is 2.39. The van der Waals surface area contributed by atoms with Crippen LogP contribution in [0.3, 0.4) is 0 Å². The lowest BCUT2D eigenvalue weighted by Gasteiger charge is -2.24. The number of nitrogens with two attached hydrogens (primary N) is 1. The van der Waals surface area contributed by atoms with Crippen molar-refractivity contribution < 1.29 is 4.39 Å². The molecule has 19 heavy (non-hydrogen) atoms. The van der Waals surface area contributed by atoms with E-state index >= 15 is 0 Å². The number of rotatable bonds is 7. The molecule has 0 fully saturated rings. The largest absolute Gasteiger partial charge is 0.389 e. The van der Waals surface area contributed by atoms with E-state index in [2.05, 4.69) is 18.1 Å². The van der Waals surface area contributed by atoms with E-state index in [-0.39, 0.29) is 10.8 Å². The molecule has 0 aliphatic rings. The lowest BCUT2D eigenvalue weighted by Crippen LogP contribution is -2.29. The van der Waals surface area contributed by atoms with Gasteiger partial charge in [-0.05, 0) is 38.5 Å². The number of benzene rings is 1. The molecule has 5 heteroatoms. The summed E-state index contributed by atoms with van der Waals surface area (Å²) in [6, 6.07) is 5.39. The van der Waals surface area contributed by atoms with Gasteiger partial charge in [-0.25, -0.2) is 4.39 Å². The third-order valence-electron chi connectivity index (χ3n) is 3.25. The fraction of sp³-hybridized carbons (Fsp3) is 0.500. The van der Waals surface area contributed by atoms with Crippen molar-refractivity contribution in [3.8, 4) is 0 Å². The fourth-order valence-corrected chi connectivity index (χ4v) is 2.47. The van der Waals surface area contributed by atoms with Crippen LogP contribution in [-0.2, 0) is 6.54 Å². The Bertz CT molecular complexity index is 437. The summed E-state index contributed by atoms with van der Waals surface area (Å²) < 4.78 is 13.9. The average Bonchev–Trinajstić information content (AvgIpc) is 2.37. The fourth-order valence-electron chi connectivity index (χ4n) is 1.76. The van der Waals surface area contributed by atoms with Crippen LogP contribution in [0.5, 0.6) is 0 Å². The summed E-state index contributed by atoms with van der Waals surface area (Å²) in [6.07, 6.45) is 3.20. The molecule has 1 atom stereocenters. The maximum absolute atomic E-state index is 13.9. The van der Waals surface area contributed by atoms with E-state index in [0.717, 1.165) is 12.2 Å². The van der Waals surface area contributed by atoms with Gasteiger partial charge in [0.05, 0.1) is 0 Å². The minimum absolute atomic E-state index is 0.229. The van der Waals surface area contributed by atoms with E-state index in [9.17, 15) is 4.39 Å². The topological polar surface area (TPSA) is 29.3 Å². The van der Waals surface area contributed by atoms with Crippen molar-refractivity contribution in [2.24, 2.45) is 5.73 Å². The predicted octanol–water partition coefficient (Wildman–Crippen LogP) is 3.03. The van der Waals surface area contributed by atoms with Gasteiger partial charge < -0.3 is 5.73 Å². The molecule has 0 amide bonds. The number of thiocarbonyl (C=S) groups is 1. The molecule has 1 unspecified atom stereocenters. The van der Waals surface area contributed by atoms with Gasteiger partial charge >= 0.3 is 0 Å². The van der Waals surface area contributed by atoms with Gasteiger partial charge in [0, 0.05) is 23.7 Å². The SMILES string of the molecule is CSCCC(C)N(C)Cc1ccc(C(N)=S)cc1F. The zero-order chi connectivity index (χ0) is 14.4. The van der Waals surface area contributed by atoms with Crippen LogP contribution in [0.4, 0.5) is 4.39 Å². The first kappa shape index (κ1) is 16.4. The molecule has 0 radical (unpaired) electrons. The van der Waals surface area contributed by atoms with E-state index < -0.39 is 0 Å². The summed E-state index contributed by atoms with van der Waals surface area (Å²) in [5.41, 5.74) is 6.75. The molecule has 0 bridgehead atoms. The minimum Gasteiger partial charge on any atom is -0.389 e. The van der Waals surface area contributed by atoms with Crippen molar-refractivity contribution in [2.45, 2.75) is 25.9 Å². The van der Waals surface area contributed by atoms with Gasteiger partial charge in [0.1, 0.15) is 10.8 Å². The van der Waals surface area contributed by atoms with E-state index in [1.165, 1.54) is 6.07 Å². The van der Waals surface area contributed by atoms with Crippen molar-refractivity contribution in [3.05, 3.63) is 35.1 Å². The highest BCUT2D eigenvalue weighted by Crippen LogP contribution is 2.15. The maximum Gasteiger partial charge on any atom is 0.128 e. The number of hydrogen-bond donors (Lipinski definition) is 1. The smallest absolute Gasteiger partial charge is 0.128 e. The Morgan fingerprint density at radius 2 is 2.21 bits per heavy atom. The summed E-state index contributed by atoms with van der Waals surface area (Å²) in [7, 11) is 2.02. The first-order chi connectivity index (χ1) is 8.95. The zero-order valence-corrected chi connectivity index (χ0v) is 13.3. The monoisotopic (exact) mass is 300 g/mol. The number of halogens is 1. The van der Waals surface area contributed by atoms with Gasteiger partial charge in [0.2, 0.25) is 0 Å². The molecule has 2 nitrogen and oxygen atoms in total. The average molecular weight is 300 g/mol. The first-order valence-corrected chi connectivity index (χ1v) is 8.03. The second-order valence-corrected chi connectivity index (χ2v) is 6.14. The highest BCUT2D eigenvalue weighted by atomic mass is 32.2. The van der Waals surface area contributed by atoms with Crippen molar-refractivity contribution in [1.29, 1.82) is 0 Å². The Labute approximate surface area is 124 Å². The molecule has 0 aromatic heterocycles. The quantitative estimate of drug-likeness (QED) is 0.784. The van der Waals surface area contributed by atoms with Crippen molar-refractivity contribution in [3.63, 3.8) is 0 Å². The summed E-state index contributed by atoms with van der Waals surface area (Å²) >= 11 is 6.67. The Kier molecular flexibility index (Phi) is 6.75. The number of hydrogen-bond acceptors (Lipinski definition) is 3. The number of thioether (sulfide) groups is 1. The van der Waals surface area contributed by atoms with Crippen LogP contribution in [0.15, 0.2) is 18.2 Å². The zero-order valence-electron chi connectivity index (χ0n) is 11.6. The molecule has 1 aromatic carbocycles. The summed E-state index contributed by atoms with van der Waals surface area (Å²) in [5, 5.41) is 0. The van der Waals surface area contributed by atoms with E-state index in [0.29, 0.717) is 23.7 Å². The second kappa shape index (κ2) is 7.82. The third-order valence-corrected chi connectivity index (χ3v) is 4.13. The molecule has 0 heterocycles. The van der Waals surface area contributed by atoms with Gasteiger partial charge in [-0.1, -0.05) is 24.4 Å².